The molecule has 1 saturated heterocycles. The van der Waals surface area contributed by atoms with Crippen molar-refractivity contribution in [1.82, 2.24) is 9.88 Å². The van der Waals surface area contributed by atoms with Gasteiger partial charge in [0.05, 0.1) is 6.04 Å². The fourth-order valence-corrected chi connectivity index (χ4v) is 5.41. The summed E-state index contributed by atoms with van der Waals surface area (Å²) in [5.74, 6) is 0.602. The van der Waals surface area contributed by atoms with Crippen LogP contribution in [0.15, 0.2) is 84.1 Å². The lowest BCUT2D eigenvalue weighted by Crippen LogP contribution is -2.22. The molecule has 2 aliphatic heterocycles. The number of likely N-dealkylation sites (tertiary alicyclic amines) is 1. The first-order valence-corrected chi connectivity index (χ1v) is 13.7. The number of nitrogens with zero attached hydrogens (tertiary/aromatic N) is 3. The Labute approximate surface area is 233 Å². The van der Waals surface area contributed by atoms with Gasteiger partial charge in [0.25, 0.3) is 5.91 Å². The van der Waals surface area contributed by atoms with Crippen molar-refractivity contribution in [2.45, 2.75) is 39.3 Å². The van der Waals surface area contributed by atoms with E-state index in [-0.39, 0.29) is 17.8 Å². The highest BCUT2D eigenvalue weighted by atomic mass is 19.1. The van der Waals surface area contributed by atoms with Crippen LogP contribution in [0.4, 0.5) is 10.1 Å². The number of carbonyl (C=O) groups excluding carboxylic acids is 1. The summed E-state index contributed by atoms with van der Waals surface area (Å²) in [4.78, 5) is 25.1. The average molecular weight is 535 g/mol. The van der Waals surface area contributed by atoms with Crippen molar-refractivity contribution in [3.05, 3.63) is 107 Å². The Hall–Kier alpha value is -4.36. The van der Waals surface area contributed by atoms with Crippen LogP contribution in [0, 0.1) is 12.7 Å². The van der Waals surface area contributed by atoms with Gasteiger partial charge in [0.2, 0.25) is 0 Å². The highest BCUT2D eigenvalue weighted by Crippen LogP contribution is 2.34. The van der Waals surface area contributed by atoms with E-state index in [0.29, 0.717) is 22.9 Å². The second kappa shape index (κ2) is 11.0. The Morgan fingerprint density at radius 1 is 1.00 bits per heavy atom. The monoisotopic (exact) mass is 534 g/mol. The molecule has 7 heteroatoms. The van der Waals surface area contributed by atoms with Crippen LogP contribution in [0.3, 0.4) is 0 Å². The minimum Gasteiger partial charge on any atom is -0.457 e. The maximum absolute atomic E-state index is 13.4. The van der Waals surface area contributed by atoms with Crippen LogP contribution in [0.5, 0.6) is 11.5 Å². The topological polar surface area (TPSA) is 66.8 Å². The van der Waals surface area contributed by atoms with Crippen LogP contribution < -0.4 is 10.1 Å². The highest BCUT2D eigenvalue weighted by molar-refractivity contribution is 6.50. The first kappa shape index (κ1) is 25.9. The average Bonchev–Trinajstić information content (AvgIpc) is 3.59. The number of aryl methyl sites for hydroxylation is 1. The molecule has 3 heterocycles. The van der Waals surface area contributed by atoms with Crippen molar-refractivity contribution in [3.8, 4) is 22.6 Å². The van der Waals surface area contributed by atoms with E-state index in [0.717, 1.165) is 47.5 Å². The number of hydrogen-bond acceptors (Lipinski definition) is 5. The molecule has 1 fully saturated rings. The predicted octanol–water partition coefficient (Wildman–Crippen LogP) is 7.09. The van der Waals surface area contributed by atoms with Gasteiger partial charge in [-0.1, -0.05) is 12.1 Å². The zero-order chi connectivity index (χ0) is 27.6. The number of amides is 1. The lowest BCUT2D eigenvalue weighted by Gasteiger charge is -2.15. The maximum Gasteiger partial charge on any atom is 0.274 e. The molecule has 1 aromatic heterocycles. The highest BCUT2D eigenvalue weighted by Gasteiger charge is 2.27. The summed E-state index contributed by atoms with van der Waals surface area (Å²) in [6.07, 6.45) is 6.33. The second-order valence-corrected chi connectivity index (χ2v) is 10.5. The lowest BCUT2D eigenvalue weighted by atomic mass is 9.96. The van der Waals surface area contributed by atoms with Crippen LogP contribution >= 0.6 is 0 Å². The van der Waals surface area contributed by atoms with Gasteiger partial charge in [-0.2, -0.15) is 0 Å². The van der Waals surface area contributed by atoms with E-state index in [1.54, 1.807) is 24.3 Å². The minimum absolute atomic E-state index is 0.0994. The van der Waals surface area contributed by atoms with Crippen LogP contribution in [0.25, 0.3) is 11.1 Å². The number of aliphatic imine (C=N–C) groups is 1. The molecule has 0 radical (unpaired) electrons. The van der Waals surface area contributed by atoms with E-state index in [9.17, 15) is 9.18 Å². The van der Waals surface area contributed by atoms with Crippen molar-refractivity contribution < 1.29 is 13.9 Å². The number of anilines is 1. The molecule has 1 N–H and O–H groups in total. The van der Waals surface area contributed by atoms with Gasteiger partial charge < -0.3 is 10.1 Å². The summed E-state index contributed by atoms with van der Waals surface area (Å²) in [6, 6.07) is 19.6. The van der Waals surface area contributed by atoms with Gasteiger partial charge in [0.15, 0.2) is 0 Å². The zero-order valence-corrected chi connectivity index (χ0v) is 22.7. The van der Waals surface area contributed by atoms with Gasteiger partial charge in [0, 0.05) is 35.8 Å². The Kier molecular flexibility index (Phi) is 7.13. The minimum atomic E-state index is -0.317. The molecular formula is C33H31FN4O2. The molecule has 2 aliphatic rings. The molecule has 40 heavy (non-hydrogen) atoms. The number of pyridine rings is 1. The normalized spacial score (nSPS) is 16.5. The van der Waals surface area contributed by atoms with E-state index in [1.807, 2.05) is 32.3 Å². The second-order valence-electron chi connectivity index (χ2n) is 10.5. The summed E-state index contributed by atoms with van der Waals surface area (Å²) in [6.45, 7) is 7.09. The van der Waals surface area contributed by atoms with E-state index in [1.165, 1.54) is 30.5 Å². The van der Waals surface area contributed by atoms with Crippen LogP contribution in [-0.4, -0.2) is 34.6 Å². The van der Waals surface area contributed by atoms with Crippen molar-refractivity contribution in [1.29, 1.82) is 0 Å². The Balaban J connectivity index is 1.19. The van der Waals surface area contributed by atoms with E-state index in [4.69, 9.17) is 9.73 Å². The number of halogens is 1. The third kappa shape index (κ3) is 5.51. The van der Waals surface area contributed by atoms with Crippen molar-refractivity contribution in [2.24, 2.45) is 4.99 Å². The van der Waals surface area contributed by atoms with E-state index < -0.39 is 0 Å². The number of rotatable bonds is 7. The number of nitrogens with one attached hydrogen (secondary N) is 1. The van der Waals surface area contributed by atoms with Crippen LogP contribution in [0.1, 0.15) is 48.1 Å². The quantitative estimate of drug-likeness (QED) is 0.275. The molecule has 202 valence electrons. The Morgan fingerprint density at radius 2 is 1.80 bits per heavy atom. The van der Waals surface area contributed by atoms with Crippen LogP contribution in [-0.2, 0) is 11.3 Å². The van der Waals surface area contributed by atoms with Gasteiger partial charge in [-0.05, 0) is 117 Å². The first-order valence-electron chi connectivity index (χ1n) is 13.7. The van der Waals surface area contributed by atoms with Crippen molar-refractivity contribution in [2.75, 3.05) is 18.4 Å². The van der Waals surface area contributed by atoms with E-state index in [2.05, 4.69) is 39.5 Å². The molecule has 0 unspecified atom stereocenters. The molecule has 0 bridgehead atoms. The predicted molar refractivity (Wildman–Crippen MR) is 155 cm³/mol. The molecule has 6 nitrogen and oxygen atoms in total. The Morgan fingerprint density at radius 3 is 2.58 bits per heavy atom. The number of carbonyl (C=O) groups is 1. The zero-order valence-electron chi connectivity index (χ0n) is 22.7. The molecule has 1 atom stereocenters. The fraction of sp³-hybridized carbons (Fsp3) is 0.242. The molecule has 3 aromatic carbocycles. The molecule has 0 aliphatic carbocycles. The number of ether oxygens (including phenoxy) is 1. The van der Waals surface area contributed by atoms with Gasteiger partial charge in [-0.15, -0.1) is 0 Å². The first-order chi connectivity index (χ1) is 19.4. The molecule has 0 spiro atoms. The molecule has 6 rings (SSSR count). The number of fused-ring (bicyclic) bond motifs is 1. The smallest absolute Gasteiger partial charge is 0.274 e. The third-order valence-electron chi connectivity index (χ3n) is 7.50. The number of aromatic nitrogens is 1. The molecule has 4 aromatic rings. The summed E-state index contributed by atoms with van der Waals surface area (Å²) < 4.78 is 19.1. The molecule has 0 saturated carbocycles. The van der Waals surface area contributed by atoms with Crippen molar-refractivity contribution >= 4 is 17.3 Å². The van der Waals surface area contributed by atoms with Crippen molar-refractivity contribution in [3.63, 3.8) is 0 Å². The summed E-state index contributed by atoms with van der Waals surface area (Å²) in [5, 5.41) is 3.00. The van der Waals surface area contributed by atoms with Gasteiger partial charge >= 0.3 is 0 Å². The molecule has 1 amide bonds. The molecular weight excluding hydrogens is 503 g/mol. The summed E-state index contributed by atoms with van der Waals surface area (Å²) in [5.41, 5.74) is 7.04. The number of hydrogen-bond donors (Lipinski definition) is 1. The van der Waals surface area contributed by atoms with Crippen LogP contribution in [0.2, 0.25) is 0 Å². The summed E-state index contributed by atoms with van der Waals surface area (Å²) in [7, 11) is 0. The fourth-order valence-electron chi connectivity index (χ4n) is 5.41. The van der Waals surface area contributed by atoms with Gasteiger partial charge in [0.1, 0.15) is 23.0 Å². The SMILES string of the molecule is Cc1cc(NC(=O)C2=N[C@@H](C)c3ccc(-c4cncc(CN5CCCC5)c4)cc32)ccc1Oc1ccc(F)cc1. The van der Waals surface area contributed by atoms with Gasteiger partial charge in [-0.25, -0.2) is 4.39 Å². The van der Waals surface area contributed by atoms with Gasteiger partial charge in [-0.3, -0.25) is 19.7 Å². The summed E-state index contributed by atoms with van der Waals surface area (Å²) >= 11 is 0. The third-order valence-corrected chi connectivity index (χ3v) is 7.50. The lowest BCUT2D eigenvalue weighted by molar-refractivity contribution is -0.110. The maximum atomic E-state index is 13.4. The largest absolute Gasteiger partial charge is 0.457 e. The van der Waals surface area contributed by atoms with E-state index >= 15 is 0 Å². The Bertz CT molecular complexity index is 1590. The number of benzene rings is 3. The standard InChI is InChI=1S/C33H31FN4O2/c1-21-15-27(8-12-31(21)40-28-9-6-26(34)7-10-28)37-33(39)32-30-17-24(5-11-29(30)22(2)36-32)25-16-23(18-35-19-25)20-38-13-3-4-14-38/h5-12,15-19,22H,3-4,13-14,20H2,1-2H3,(H,37,39)/t22-/m0/s1.